The molecule has 0 atom stereocenters. The Morgan fingerprint density at radius 3 is 2.12 bits per heavy atom. The molecule has 0 unspecified atom stereocenters. The second-order valence-electron chi connectivity index (χ2n) is 7.16. The number of aryl methyl sites for hydroxylation is 2. The van der Waals surface area contributed by atoms with Gasteiger partial charge < -0.3 is 14.4 Å². The lowest BCUT2D eigenvalue weighted by Crippen LogP contribution is -2.53. The van der Waals surface area contributed by atoms with Crippen molar-refractivity contribution in [3.8, 4) is 0 Å². The average molecular weight is 386 g/mol. The molecule has 2 rings (SSSR count). The van der Waals surface area contributed by atoms with Crippen LogP contribution in [0, 0.1) is 19.3 Å². The van der Waals surface area contributed by atoms with Crippen molar-refractivity contribution in [2.75, 3.05) is 26.2 Å². The lowest BCUT2D eigenvalue weighted by Gasteiger charge is -2.37. The Labute approximate surface area is 153 Å². The van der Waals surface area contributed by atoms with E-state index in [0.717, 1.165) is 0 Å². The number of hydrogen-bond acceptors (Lipinski definition) is 5. The van der Waals surface area contributed by atoms with E-state index in [0.29, 0.717) is 6.42 Å². The molecular weight excluding hydrogens is 360 g/mol. The van der Waals surface area contributed by atoms with E-state index in [2.05, 4.69) is 0 Å². The second-order valence-corrected chi connectivity index (χ2v) is 9.03. The van der Waals surface area contributed by atoms with Crippen LogP contribution < -0.4 is 0 Å². The molecule has 2 heterocycles. The number of carboxylic acids is 1. The molecule has 9 heteroatoms. The van der Waals surface area contributed by atoms with Crippen LogP contribution in [0.5, 0.6) is 0 Å². The van der Waals surface area contributed by atoms with E-state index < -0.39 is 21.4 Å². The van der Waals surface area contributed by atoms with Crippen LogP contribution in [0.3, 0.4) is 0 Å². The molecule has 8 nitrogen and oxygen atoms in total. The van der Waals surface area contributed by atoms with Crippen LogP contribution in [0.2, 0.25) is 0 Å². The molecule has 1 aliphatic heterocycles. The van der Waals surface area contributed by atoms with Crippen molar-refractivity contribution >= 4 is 21.9 Å². The fraction of sp³-hybridized carbons (Fsp3) is 0.647. The summed E-state index contributed by atoms with van der Waals surface area (Å²) in [6.07, 6.45) is 0.694. The molecule has 0 bridgehead atoms. The molecule has 1 aromatic rings. The lowest BCUT2D eigenvalue weighted by molar-refractivity contribution is -0.141. The van der Waals surface area contributed by atoms with E-state index in [4.69, 9.17) is 4.42 Å². The zero-order chi connectivity index (χ0) is 19.9. The Hall–Kier alpha value is -1.87. The Morgan fingerprint density at radius 2 is 1.65 bits per heavy atom. The molecule has 1 saturated heterocycles. The molecule has 0 radical (unpaired) electrons. The highest BCUT2D eigenvalue weighted by Gasteiger charge is 2.39. The van der Waals surface area contributed by atoms with Gasteiger partial charge >= 0.3 is 5.97 Å². The van der Waals surface area contributed by atoms with Crippen molar-refractivity contribution in [3.05, 3.63) is 17.1 Å². The smallest absolute Gasteiger partial charge is 0.340 e. The molecule has 0 aromatic carbocycles. The maximum absolute atomic E-state index is 13.0. The van der Waals surface area contributed by atoms with Gasteiger partial charge in [-0.3, -0.25) is 4.79 Å². The molecule has 1 amide bonds. The third-order valence-corrected chi connectivity index (χ3v) is 7.06. The third-order valence-electron chi connectivity index (χ3n) is 5.01. The van der Waals surface area contributed by atoms with Crippen molar-refractivity contribution < 1.29 is 27.5 Å². The summed E-state index contributed by atoms with van der Waals surface area (Å²) in [5.74, 6) is -1.22. The van der Waals surface area contributed by atoms with Gasteiger partial charge in [-0.1, -0.05) is 20.8 Å². The molecule has 0 saturated carbocycles. The van der Waals surface area contributed by atoms with Crippen LogP contribution in [-0.2, 0) is 14.8 Å². The fourth-order valence-electron chi connectivity index (χ4n) is 3.06. The monoisotopic (exact) mass is 386 g/mol. The van der Waals surface area contributed by atoms with Crippen LogP contribution in [0.25, 0.3) is 0 Å². The third kappa shape index (κ3) is 3.50. The standard InChI is InChI=1S/C17H26N2O6S/c1-6-17(4,5)16(22)18-7-9-19(10-8-18)26(23,24)14-12(3)25-11(2)13(14)15(20)21/h6-10H2,1-5H3,(H,20,21). The summed E-state index contributed by atoms with van der Waals surface area (Å²) in [4.78, 5) is 25.4. The van der Waals surface area contributed by atoms with Crippen molar-refractivity contribution in [1.29, 1.82) is 0 Å². The number of rotatable bonds is 5. The van der Waals surface area contributed by atoms with Crippen molar-refractivity contribution in [2.24, 2.45) is 5.41 Å². The Kier molecular flexibility index (Phi) is 5.53. The summed E-state index contributed by atoms with van der Waals surface area (Å²) >= 11 is 0. The van der Waals surface area contributed by atoms with Gasteiger partial charge in [-0.25, -0.2) is 13.2 Å². The number of aromatic carboxylic acids is 1. The first-order chi connectivity index (χ1) is 11.9. The van der Waals surface area contributed by atoms with Gasteiger partial charge in [0.1, 0.15) is 22.0 Å². The zero-order valence-corrected chi connectivity index (χ0v) is 16.6. The van der Waals surface area contributed by atoms with Gasteiger partial charge in [0.2, 0.25) is 15.9 Å². The Balaban J connectivity index is 2.25. The van der Waals surface area contributed by atoms with Crippen molar-refractivity contribution in [2.45, 2.75) is 45.9 Å². The van der Waals surface area contributed by atoms with Gasteiger partial charge in [0, 0.05) is 31.6 Å². The van der Waals surface area contributed by atoms with E-state index in [-0.39, 0.29) is 54.1 Å². The number of carboxylic acid groups (broad SMARTS) is 1. The van der Waals surface area contributed by atoms with E-state index in [1.54, 1.807) is 4.90 Å². The quantitative estimate of drug-likeness (QED) is 0.827. The second kappa shape index (κ2) is 7.03. The highest BCUT2D eigenvalue weighted by molar-refractivity contribution is 7.89. The summed E-state index contributed by atoms with van der Waals surface area (Å²) < 4.78 is 32.4. The number of furan rings is 1. The molecule has 0 spiro atoms. The average Bonchev–Trinajstić information content (AvgIpc) is 2.89. The van der Waals surface area contributed by atoms with Crippen molar-refractivity contribution in [1.82, 2.24) is 9.21 Å². The first-order valence-electron chi connectivity index (χ1n) is 8.56. The predicted octanol–water partition coefficient (Wildman–Crippen LogP) is 1.86. The van der Waals surface area contributed by atoms with Crippen molar-refractivity contribution in [3.63, 3.8) is 0 Å². The highest BCUT2D eigenvalue weighted by atomic mass is 32.2. The summed E-state index contributed by atoms with van der Waals surface area (Å²) in [5, 5.41) is 9.36. The van der Waals surface area contributed by atoms with Gasteiger partial charge in [-0.05, 0) is 20.3 Å². The molecular formula is C17H26N2O6S. The number of amides is 1. The van der Waals surface area contributed by atoms with Gasteiger partial charge in [-0.2, -0.15) is 4.31 Å². The number of hydrogen-bond donors (Lipinski definition) is 1. The van der Waals surface area contributed by atoms with Gasteiger partial charge in [0.25, 0.3) is 0 Å². The minimum absolute atomic E-state index is 0.00129. The van der Waals surface area contributed by atoms with Gasteiger partial charge in [0.15, 0.2) is 0 Å². The topological polar surface area (TPSA) is 108 Å². The number of sulfonamides is 1. The van der Waals surface area contributed by atoms with E-state index in [9.17, 15) is 23.1 Å². The molecule has 1 aliphatic rings. The van der Waals surface area contributed by atoms with E-state index in [1.165, 1.54) is 18.2 Å². The molecule has 0 aliphatic carbocycles. The fourth-order valence-corrected chi connectivity index (χ4v) is 4.86. The minimum Gasteiger partial charge on any atom is -0.478 e. The predicted molar refractivity (Wildman–Crippen MR) is 94.6 cm³/mol. The molecule has 146 valence electrons. The Morgan fingerprint density at radius 1 is 1.12 bits per heavy atom. The van der Waals surface area contributed by atoms with Crippen LogP contribution in [-0.4, -0.2) is 60.8 Å². The van der Waals surface area contributed by atoms with E-state index in [1.807, 2.05) is 20.8 Å². The number of carbonyl (C=O) groups excluding carboxylic acids is 1. The summed E-state index contributed by atoms with van der Waals surface area (Å²) in [7, 11) is -4.02. The minimum atomic E-state index is -4.02. The summed E-state index contributed by atoms with van der Waals surface area (Å²) in [6, 6.07) is 0. The number of nitrogens with zero attached hydrogens (tertiary/aromatic N) is 2. The molecule has 26 heavy (non-hydrogen) atoms. The van der Waals surface area contributed by atoms with Crippen LogP contribution in [0.15, 0.2) is 9.31 Å². The molecule has 1 aromatic heterocycles. The summed E-state index contributed by atoms with van der Waals surface area (Å²) in [5.41, 5.74) is -0.816. The molecule has 1 N–H and O–H groups in total. The first kappa shape index (κ1) is 20.4. The maximum atomic E-state index is 13.0. The van der Waals surface area contributed by atoms with Crippen LogP contribution >= 0.6 is 0 Å². The zero-order valence-electron chi connectivity index (χ0n) is 15.8. The van der Waals surface area contributed by atoms with Crippen LogP contribution in [0.1, 0.15) is 49.1 Å². The van der Waals surface area contributed by atoms with Crippen LogP contribution in [0.4, 0.5) is 0 Å². The van der Waals surface area contributed by atoms with Gasteiger partial charge in [0.05, 0.1) is 0 Å². The van der Waals surface area contributed by atoms with E-state index >= 15 is 0 Å². The number of piperazine rings is 1. The highest BCUT2D eigenvalue weighted by Crippen LogP contribution is 2.30. The Bertz CT molecular complexity index is 817. The largest absolute Gasteiger partial charge is 0.478 e. The SMILES string of the molecule is CCC(C)(C)C(=O)N1CCN(S(=O)(=O)c2c(C)oc(C)c2C(=O)O)CC1. The lowest BCUT2D eigenvalue weighted by atomic mass is 9.88. The maximum Gasteiger partial charge on any atom is 0.340 e. The van der Waals surface area contributed by atoms with Gasteiger partial charge in [-0.15, -0.1) is 0 Å². The normalized spacial score (nSPS) is 16.7. The summed E-state index contributed by atoms with van der Waals surface area (Å²) in [6.45, 7) is 9.35. The molecule has 1 fully saturated rings. The number of carbonyl (C=O) groups is 2. The first-order valence-corrected chi connectivity index (χ1v) is 10.00.